The van der Waals surface area contributed by atoms with E-state index < -0.39 is 11.6 Å². The number of Topliss-reactive ketones (excluding diaryl/α,β-unsaturated/α-hetero) is 1. The third kappa shape index (κ3) is 1.86. The Morgan fingerprint density at radius 3 is 2.41 bits per heavy atom. The number of carbonyl (C=O) groups is 1. The van der Waals surface area contributed by atoms with E-state index in [2.05, 4.69) is 0 Å². The quantitative estimate of drug-likeness (QED) is 0.740. The Morgan fingerprint density at radius 2 is 1.88 bits per heavy atom. The van der Waals surface area contributed by atoms with E-state index in [0.29, 0.717) is 6.42 Å². The number of carbonyl (C=O) groups excluding carboxylic acids is 1. The van der Waals surface area contributed by atoms with Crippen LogP contribution in [0.15, 0.2) is 18.2 Å². The van der Waals surface area contributed by atoms with Gasteiger partial charge >= 0.3 is 0 Å². The van der Waals surface area contributed by atoms with E-state index in [0.717, 1.165) is 31.0 Å². The van der Waals surface area contributed by atoms with Crippen LogP contribution in [-0.2, 0) is 4.74 Å². The fourth-order valence-corrected chi connectivity index (χ4v) is 2.82. The van der Waals surface area contributed by atoms with Crippen molar-refractivity contribution in [2.24, 2.45) is 5.92 Å². The normalized spacial score (nSPS) is 30.8. The minimum absolute atomic E-state index is 0.0566. The van der Waals surface area contributed by atoms with Crippen LogP contribution >= 0.6 is 0 Å². The van der Waals surface area contributed by atoms with E-state index in [1.807, 2.05) is 0 Å². The zero-order chi connectivity index (χ0) is 12.0. The van der Waals surface area contributed by atoms with Crippen molar-refractivity contribution in [2.75, 3.05) is 0 Å². The minimum Gasteiger partial charge on any atom is -0.374 e. The van der Waals surface area contributed by atoms with Gasteiger partial charge < -0.3 is 4.74 Å². The number of hydrogen-bond donors (Lipinski definition) is 0. The van der Waals surface area contributed by atoms with Crippen molar-refractivity contribution in [1.82, 2.24) is 0 Å². The molecule has 2 aliphatic rings. The number of fused-ring (bicyclic) bond motifs is 2. The first-order chi connectivity index (χ1) is 8.13. The topological polar surface area (TPSA) is 26.3 Å². The molecule has 17 heavy (non-hydrogen) atoms. The number of rotatable bonds is 2. The average molecular weight is 238 g/mol. The SMILES string of the molecule is O=C(c1cc(F)cc(F)c1)C1CC2CCC1O2. The van der Waals surface area contributed by atoms with Gasteiger partial charge in [0.2, 0.25) is 0 Å². The van der Waals surface area contributed by atoms with Crippen molar-refractivity contribution in [3.05, 3.63) is 35.4 Å². The van der Waals surface area contributed by atoms with Crippen LogP contribution in [-0.4, -0.2) is 18.0 Å². The average Bonchev–Trinajstić information content (AvgIpc) is 2.88. The van der Waals surface area contributed by atoms with Crippen LogP contribution < -0.4 is 0 Å². The second-order valence-corrected chi connectivity index (χ2v) is 4.74. The van der Waals surface area contributed by atoms with Gasteiger partial charge in [0.1, 0.15) is 11.6 Å². The molecule has 3 rings (SSSR count). The molecule has 0 aliphatic carbocycles. The number of hydrogen-bond acceptors (Lipinski definition) is 2. The summed E-state index contributed by atoms with van der Waals surface area (Å²) in [6.45, 7) is 0. The fraction of sp³-hybridized carbons (Fsp3) is 0.462. The van der Waals surface area contributed by atoms with Crippen molar-refractivity contribution >= 4 is 5.78 Å². The Bertz CT molecular complexity index is 452. The summed E-state index contributed by atoms with van der Waals surface area (Å²) in [6, 6.07) is 2.96. The zero-order valence-corrected chi connectivity index (χ0v) is 9.16. The van der Waals surface area contributed by atoms with Crippen molar-refractivity contribution in [1.29, 1.82) is 0 Å². The summed E-state index contributed by atoms with van der Waals surface area (Å²) in [5.74, 6) is -1.85. The van der Waals surface area contributed by atoms with E-state index >= 15 is 0 Å². The summed E-state index contributed by atoms with van der Waals surface area (Å²) in [5, 5.41) is 0. The molecule has 2 nitrogen and oxygen atoms in total. The Balaban J connectivity index is 1.86. The molecule has 0 aromatic heterocycles. The van der Waals surface area contributed by atoms with Crippen molar-refractivity contribution < 1.29 is 18.3 Å². The standard InChI is InChI=1S/C13H12F2O2/c14-8-3-7(4-9(15)5-8)13(16)11-6-10-1-2-12(11)17-10/h3-5,10-12H,1-2,6H2. The van der Waals surface area contributed by atoms with Crippen LogP contribution in [0.3, 0.4) is 0 Å². The largest absolute Gasteiger partial charge is 0.374 e. The number of halogens is 2. The molecular weight excluding hydrogens is 226 g/mol. The molecule has 1 aromatic rings. The zero-order valence-electron chi connectivity index (χ0n) is 9.16. The van der Waals surface area contributed by atoms with Crippen LogP contribution in [0, 0.1) is 17.6 Å². The lowest BCUT2D eigenvalue weighted by Crippen LogP contribution is -2.25. The number of ketones is 1. The molecule has 3 atom stereocenters. The molecule has 4 heteroatoms. The lowest BCUT2D eigenvalue weighted by molar-refractivity contribution is 0.0742. The van der Waals surface area contributed by atoms with E-state index in [1.165, 1.54) is 0 Å². The molecule has 1 aromatic carbocycles. The smallest absolute Gasteiger partial charge is 0.168 e. The molecule has 2 bridgehead atoms. The highest BCUT2D eigenvalue weighted by atomic mass is 19.1. The predicted octanol–water partition coefficient (Wildman–Crippen LogP) is 2.72. The monoisotopic (exact) mass is 238 g/mol. The lowest BCUT2D eigenvalue weighted by atomic mass is 9.84. The maximum atomic E-state index is 13.0. The highest BCUT2D eigenvalue weighted by Crippen LogP contribution is 2.40. The van der Waals surface area contributed by atoms with Gasteiger partial charge in [-0.25, -0.2) is 8.78 Å². The Kier molecular flexibility index (Phi) is 2.47. The van der Waals surface area contributed by atoms with E-state index in [9.17, 15) is 13.6 Å². The van der Waals surface area contributed by atoms with Gasteiger partial charge in [-0.3, -0.25) is 4.79 Å². The molecule has 2 aliphatic heterocycles. The van der Waals surface area contributed by atoms with Crippen molar-refractivity contribution in [3.8, 4) is 0 Å². The molecule has 2 heterocycles. The summed E-state index contributed by atoms with van der Waals surface area (Å²) < 4.78 is 31.7. The van der Waals surface area contributed by atoms with Crippen LogP contribution in [0.2, 0.25) is 0 Å². The predicted molar refractivity (Wildman–Crippen MR) is 56.7 cm³/mol. The molecule has 90 valence electrons. The van der Waals surface area contributed by atoms with Gasteiger partial charge in [-0.1, -0.05) is 0 Å². The molecule has 0 spiro atoms. The molecule has 2 saturated heterocycles. The van der Waals surface area contributed by atoms with Gasteiger partial charge in [-0.2, -0.15) is 0 Å². The highest BCUT2D eigenvalue weighted by molar-refractivity contribution is 5.98. The van der Waals surface area contributed by atoms with Crippen LogP contribution in [0.25, 0.3) is 0 Å². The summed E-state index contributed by atoms with van der Waals surface area (Å²) in [5.41, 5.74) is 0.114. The first-order valence-electron chi connectivity index (χ1n) is 5.79. The van der Waals surface area contributed by atoms with Gasteiger partial charge in [-0.15, -0.1) is 0 Å². The van der Waals surface area contributed by atoms with Crippen molar-refractivity contribution in [2.45, 2.75) is 31.5 Å². The van der Waals surface area contributed by atoms with Crippen LogP contribution in [0.5, 0.6) is 0 Å². The fourth-order valence-electron chi connectivity index (χ4n) is 2.82. The molecule has 0 saturated carbocycles. The van der Waals surface area contributed by atoms with Gasteiger partial charge in [-0.05, 0) is 31.4 Å². The minimum atomic E-state index is -0.711. The Morgan fingerprint density at radius 1 is 1.18 bits per heavy atom. The van der Waals surface area contributed by atoms with Crippen LogP contribution in [0.1, 0.15) is 29.6 Å². The Labute approximate surface area is 97.6 Å². The first kappa shape index (κ1) is 10.8. The molecule has 0 amide bonds. The Hall–Kier alpha value is -1.29. The van der Waals surface area contributed by atoms with Gasteiger partial charge in [0.05, 0.1) is 18.1 Å². The third-order valence-electron chi connectivity index (χ3n) is 3.59. The van der Waals surface area contributed by atoms with Crippen LogP contribution in [0.4, 0.5) is 8.78 Å². The van der Waals surface area contributed by atoms with E-state index in [-0.39, 0.29) is 29.5 Å². The highest BCUT2D eigenvalue weighted by Gasteiger charge is 2.44. The summed E-state index contributed by atoms with van der Waals surface area (Å²) in [6.07, 6.45) is 2.65. The molecular formula is C13H12F2O2. The molecule has 0 radical (unpaired) electrons. The molecule has 0 N–H and O–H groups in total. The maximum absolute atomic E-state index is 13.0. The second kappa shape index (κ2) is 3.88. The lowest BCUT2D eigenvalue weighted by Gasteiger charge is -2.17. The molecule has 3 unspecified atom stereocenters. The van der Waals surface area contributed by atoms with Gasteiger partial charge in [0.15, 0.2) is 5.78 Å². The van der Waals surface area contributed by atoms with E-state index in [4.69, 9.17) is 4.74 Å². The van der Waals surface area contributed by atoms with E-state index in [1.54, 1.807) is 0 Å². The summed E-state index contributed by atoms with van der Waals surface area (Å²) in [4.78, 5) is 12.1. The van der Waals surface area contributed by atoms with Gasteiger partial charge in [0, 0.05) is 11.6 Å². The third-order valence-corrected chi connectivity index (χ3v) is 3.59. The number of benzene rings is 1. The van der Waals surface area contributed by atoms with Crippen molar-refractivity contribution in [3.63, 3.8) is 0 Å². The van der Waals surface area contributed by atoms with Gasteiger partial charge in [0.25, 0.3) is 0 Å². The number of ether oxygens (including phenoxy) is 1. The summed E-state index contributed by atoms with van der Waals surface area (Å²) >= 11 is 0. The first-order valence-corrected chi connectivity index (χ1v) is 5.79. The molecule has 2 fully saturated rings. The maximum Gasteiger partial charge on any atom is 0.168 e. The second-order valence-electron chi connectivity index (χ2n) is 4.74. The summed E-state index contributed by atoms with van der Waals surface area (Å²) in [7, 11) is 0.